The van der Waals surface area contributed by atoms with Crippen molar-refractivity contribution in [1.29, 1.82) is 0 Å². The zero-order chi connectivity index (χ0) is 14.7. The number of aliphatic hydroxyl groups is 1. The molecule has 0 bridgehead atoms. The fraction of sp³-hybridized carbons (Fsp3) is 0.444. The van der Waals surface area contributed by atoms with Crippen molar-refractivity contribution < 1.29 is 9.84 Å². The summed E-state index contributed by atoms with van der Waals surface area (Å²) in [6.45, 7) is 3.42. The van der Waals surface area contributed by atoms with E-state index in [1.165, 1.54) is 10.8 Å². The summed E-state index contributed by atoms with van der Waals surface area (Å²) in [5, 5.41) is 16.1. The third-order valence-electron chi connectivity index (χ3n) is 4.26. The van der Waals surface area contributed by atoms with Crippen LogP contribution in [0.25, 0.3) is 10.8 Å². The van der Waals surface area contributed by atoms with Crippen LogP contribution >= 0.6 is 0 Å². The molecule has 1 atom stereocenters. The first-order valence-electron chi connectivity index (χ1n) is 7.78. The number of benzene rings is 2. The minimum atomic E-state index is -0.458. The molecule has 1 aliphatic carbocycles. The zero-order valence-electron chi connectivity index (χ0n) is 12.5. The SMILES string of the molecule is CCOC1CC(NCC(O)c2ccc3ccccc3c2)C1. The van der Waals surface area contributed by atoms with Gasteiger partial charge in [-0.05, 0) is 42.2 Å². The molecule has 21 heavy (non-hydrogen) atoms. The molecule has 0 amide bonds. The van der Waals surface area contributed by atoms with E-state index in [2.05, 4.69) is 29.6 Å². The third kappa shape index (κ3) is 3.43. The highest BCUT2D eigenvalue weighted by Crippen LogP contribution is 2.24. The van der Waals surface area contributed by atoms with Crippen LogP contribution in [-0.4, -0.2) is 30.4 Å². The summed E-state index contributed by atoms with van der Waals surface area (Å²) in [5.74, 6) is 0. The van der Waals surface area contributed by atoms with E-state index < -0.39 is 6.10 Å². The second kappa shape index (κ2) is 6.56. The molecule has 1 unspecified atom stereocenters. The molecule has 2 aromatic rings. The number of nitrogens with one attached hydrogen (secondary N) is 1. The number of rotatable bonds is 6. The summed E-state index contributed by atoms with van der Waals surface area (Å²) in [7, 11) is 0. The molecule has 1 fully saturated rings. The first-order valence-corrected chi connectivity index (χ1v) is 7.78. The Morgan fingerprint density at radius 2 is 1.95 bits per heavy atom. The van der Waals surface area contributed by atoms with Crippen molar-refractivity contribution in [2.75, 3.05) is 13.2 Å². The number of aliphatic hydroxyl groups excluding tert-OH is 1. The van der Waals surface area contributed by atoms with Crippen LogP contribution in [0, 0.1) is 0 Å². The highest BCUT2D eigenvalue weighted by Gasteiger charge is 2.29. The molecule has 2 aromatic carbocycles. The van der Waals surface area contributed by atoms with Gasteiger partial charge in [-0.15, -0.1) is 0 Å². The number of hydrogen-bond donors (Lipinski definition) is 2. The van der Waals surface area contributed by atoms with Gasteiger partial charge in [-0.3, -0.25) is 0 Å². The lowest BCUT2D eigenvalue weighted by Crippen LogP contribution is -2.46. The Hall–Kier alpha value is -1.42. The van der Waals surface area contributed by atoms with Gasteiger partial charge in [0.15, 0.2) is 0 Å². The lowest BCUT2D eigenvalue weighted by atomic mass is 9.89. The Kier molecular flexibility index (Phi) is 4.54. The quantitative estimate of drug-likeness (QED) is 0.857. The van der Waals surface area contributed by atoms with Crippen LogP contribution in [0.4, 0.5) is 0 Å². The minimum Gasteiger partial charge on any atom is -0.387 e. The Balaban J connectivity index is 1.54. The van der Waals surface area contributed by atoms with Gasteiger partial charge in [0.25, 0.3) is 0 Å². The molecule has 3 nitrogen and oxygen atoms in total. The predicted molar refractivity (Wildman–Crippen MR) is 85.3 cm³/mol. The molecule has 3 heteroatoms. The molecule has 3 rings (SSSR count). The average molecular weight is 285 g/mol. The standard InChI is InChI=1S/C18H23NO2/c1-2-21-17-10-16(11-17)19-12-18(20)15-8-7-13-5-3-4-6-14(13)9-15/h3-9,16-20H,2,10-12H2,1H3. The van der Waals surface area contributed by atoms with Crippen LogP contribution < -0.4 is 5.32 Å². The van der Waals surface area contributed by atoms with Crippen molar-refractivity contribution in [2.24, 2.45) is 0 Å². The Bertz CT molecular complexity index is 593. The molecule has 0 aromatic heterocycles. The van der Waals surface area contributed by atoms with E-state index in [1.54, 1.807) is 0 Å². The molecule has 0 spiro atoms. The monoisotopic (exact) mass is 285 g/mol. The summed E-state index contributed by atoms with van der Waals surface area (Å²) in [5.41, 5.74) is 0.974. The molecule has 0 heterocycles. The molecule has 0 aliphatic heterocycles. The van der Waals surface area contributed by atoms with Crippen molar-refractivity contribution in [3.05, 3.63) is 48.0 Å². The second-order valence-electron chi connectivity index (χ2n) is 5.78. The highest BCUT2D eigenvalue weighted by molar-refractivity contribution is 5.83. The lowest BCUT2D eigenvalue weighted by Gasteiger charge is -2.36. The summed E-state index contributed by atoms with van der Waals surface area (Å²) in [6.07, 6.45) is 2.06. The van der Waals surface area contributed by atoms with Crippen molar-refractivity contribution >= 4 is 10.8 Å². The summed E-state index contributed by atoms with van der Waals surface area (Å²) < 4.78 is 5.55. The van der Waals surface area contributed by atoms with E-state index in [0.717, 1.165) is 25.0 Å². The topological polar surface area (TPSA) is 41.5 Å². The van der Waals surface area contributed by atoms with Gasteiger partial charge in [0, 0.05) is 19.2 Å². The molecular weight excluding hydrogens is 262 g/mol. The van der Waals surface area contributed by atoms with Crippen LogP contribution in [0.2, 0.25) is 0 Å². The van der Waals surface area contributed by atoms with Crippen LogP contribution in [0.5, 0.6) is 0 Å². The molecule has 1 saturated carbocycles. The normalized spacial score (nSPS) is 23.0. The van der Waals surface area contributed by atoms with Gasteiger partial charge in [-0.2, -0.15) is 0 Å². The fourth-order valence-corrected chi connectivity index (χ4v) is 2.92. The summed E-state index contributed by atoms with van der Waals surface area (Å²) in [4.78, 5) is 0. The third-order valence-corrected chi connectivity index (χ3v) is 4.26. The maximum atomic E-state index is 10.3. The number of hydrogen-bond acceptors (Lipinski definition) is 3. The predicted octanol–water partition coefficient (Wildman–Crippen LogP) is 3.03. The first-order chi connectivity index (χ1) is 10.3. The van der Waals surface area contributed by atoms with Crippen LogP contribution in [-0.2, 0) is 4.74 Å². The van der Waals surface area contributed by atoms with Gasteiger partial charge in [-0.1, -0.05) is 36.4 Å². The summed E-state index contributed by atoms with van der Waals surface area (Å²) in [6, 6.07) is 14.9. The van der Waals surface area contributed by atoms with Crippen LogP contribution in [0.15, 0.2) is 42.5 Å². The number of fused-ring (bicyclic) bond motifs is 1. The zero-order valence-corrected chi connectivity index (χ0v) is 12.5. The van der Waals surface area contributed by atoms with E-state index in [9.17, 15) is 5.11 Å². The van der Waals surface area contributed by atoms with E-state index in [0.29, 0.717) is 18.7 Å². The maximum absolute atomic E-state index is 10.3. The van der Waals surface area contributed by atoms with Gasteiger partial charge in [0.05, 0.1) is 12.2 Å². The van der Waals surface area contributed by atoms with E-state index in [4.69, 9.17) is 4.74 Å². The molecule has 0 saturated heterocycles. The van der Waals surface area contributed by atoms with Crippen LogP contribution in [0.1, 0.15) is 31.4 Å². The molecule has 2 N–H and O–H groups in total. The van der Waals surface area contributed by atoms with Gasteiger partial charge >= 0.3 is 0 Å². The average Bonchev–Trinajstić information content (AvgIpc) is 2.48. The minimum absolute atomic E-state index is 0.408. The van der Waals surface area contributed by atoms with Crippen molar-refractivity contribution in [2.45, 2.75) is 38.0 Å². The molecular formula is C18H23NO2. The Morgan fingerprint density at radius 1 is 1.19 bits per heavy atom. The maximum Gasteiger partial charge on any atom is 0.0914 e. The van der Waals surface area contributed by atoms with E-state index in [-0.39, 0.29) is 0 Å². The van der Waals surface area contributed by atoms with E-state index in [1.807, 2.05) is 25.1 Å². The molecule has 0 radical (unpaired) electrons. The van der Waals surface area contributed by atoms with Crippen molar-refractivity contribution in [3.63, 3.8) is 0 Å². The fourth-order valence-electron chi connectivity index (χ4n) is 2.92. The Labute approximate surface area is 125 Å². The first kappa shape index (κ1) is 14.5. The Morgan fingerprint density at radius 3 is 2.71 bits per heavy atom. The molecule has 1 aliphatic rings. The van der Waals surface area contributed by atoms with Gasteiger partial charge < -0.3 is 15.2 Å². The largest absolute Gasteiger partial charge is 0.387 e. The van der Waals surface area contributed by atoms with Crippen LogP contribution in [0.3, 0.4) is 0 Å². The summed E-state index contributed by atoms with van der Waals surface area (Å²) >= 11 is 0. The van der Waals surface area contributed by atoms with Gasteiger partial charge in [0.1, 0.15) is 0 Å². The number of ether oxygens (including phenoxy) is 1. The highest BCUT2D eigenvalue weighted by atomic mass is 16.5. The van der Waals surface area contributed by atoms with Crippen molar-refractivity contribution in [1.82, 2.24) is 5.32 Å². The van der Waals surface area contributed by atoms with Gasteiger partial charge in [0.2, 0.25) is 0 Å². The molecule has 112 valence electrons. The van der Waals surface area contributed by atoms with Gasteiger partial charge in [-0.25, -0.2) is 0 Å². The lowest BCUT2D eigenvalue weighted by molar-refractivity contribution is -0.0123. The second-order valence-corrected chi connectivity index (χ2v) is 5.78. The van der Waals surface area contributed by atoms with Crippen molar-refractivity contribution in [3.8, 4) is 0 Å². The smallest absolute Gasteiger partial charge is 0.0914 e. The van der Waals surface area contributed by atoms with E-state index >= 15 is 0 Å².